The molecule has 3 nitrogen and oxygen atoms in total. The van der Waals surface area contributed by atoms with Crippen molar-refractivity contribution in [3.05, 3.63) is 29.8 Å². The highest BCUT2D eigenvalue weighted by atomic mass is 16.3. The summed E-state index contributed by atoms with van der Waals surface area (Å²) < 4.78 is 0. The fourth-order valence-electron chi connectivity index (χ4n) is 2.29. The van der Waals surface area contributed by atoms with Gasteiger partial charge in [-0.15, -0.1) is 0 Å². The lowest BCUT2D eigenvalue weighted by molar-refractivity contribution is 0.199. The maximum atomic E-state index is 9.47. The highest BCUT2D eigenvalue weighted by Gasteiger charge is 2.15. The van der Waals surface area contributed by atoms with E-state index >= 15 is 0 Å². The van der Waals surface area contributed by atoms with Crippen LogP contribution in [0.25, 0.3) is 0 Å². The fraction of sp³-hybridized carbons (Fsp3) is 0.571. The van der Waals surface area contributed by atoms with Crippen molar-refractivity contribution < 1.29 is 5.11 Å². The molecule has 1 aliphatic heterocycles. The number of piperazine rings is 1. The van der Waals surface area contributed by atoms with Crippen molar-refractivity contribution in [2.75, 3.05) is 37.6 Å². The van der Waals surface area contributed by atoms with Crippen LogP contribution in [0.15, 0.2) is 24.3 Å². The topological polar surface area (TPSA) is 26.7 Å². The van der Waals surface area contributed by atoms with Gasteiger partial charge in [0, 0.05) is 31.9 Å². The Balaban J connectivity index is 1.99. The number of aliphatic hydroxyl groups excluding tert-OH is 1. The van der Waals surface area contributed by atoms with E-state index in [-0.39, 0.29) is 6.10 Å². The van der Waals surface area contributed by atoms with Gasteiger partial charge in [-0.1, -0.05) is 19.1 Å². The molecule has 3 heteroatoms. The van der Waals surface area contributed by atoms with Gasteiger partial charge in [0.2, 0.25) is 0 Å². The summed E-state index contributed by atoms with van der Waals surface area (Å²) in [5.41, 5.74) is 2.26. The standard InChI is InChI=1S/C14H22N2O/c1-3-15-8-10-16(11-9-15)14-6-4-13(5-7-14)12(2)17/h4-7,12,17H,3,8-11H2,1-2H3/t12-/m1/s1. The molecular formula is C14H22N2O. The molecule has 0 spiro atoms. The van der Waals surface area contributed by atoms with Crippen molar-refractivity contribution in [3.63, 3.8) is 0 Å². The van der Waals surface area contributed by atoms with Gasteiger partial charge in [0.25, 0.3) is 0 Å². The molecule has 2 rings (SSSR count). The number of rotatable bonds is 3. The average molecular weight is 234 g/mol. The molecule has 0 aromatic heterocycles. The van der Waals surface area contributed by atoms with E-state index in [0.29, 0.717) is 0 Å². The van der Waals surface area contributed by atoms with Crippen molar-refractivity contribution in [2.45, 2.75) is 20.0 Å². The van der Waals surface area contributed by atoms with Gasteiger partial charge in [0.1, 0.15) is 0 Å². The van der Waals surface area contributed by atoms with E-state index in [9.17, 15) is 5.11 Å². The maximum absolute atomic E-state index is 9.47. The second-order valence-electron chi connectivity index (χ2n) is 4.69. The van der Waals surface area contributed by atoms with Crippen molar-refractivity contribution in [3.8, 4) is 0 Å². The number of hydrogen-bond donors (Lipinski definition) is 1. The first-order valence-electron chi connectivity index (χ1n) is 6.46. The quantitative estimate of drug-likeness (QED) is 0.865. The van der Waals surface area contributed by atoms with Gasteiger partial charge in [-0.2, -0.15) is 0 Å². The molecule has 1 saturated heterocycles. The number of likely N-dealkylation sites (N-methyl/N-ethyl adjacent to an activating group) is 1. The second kappa shape index (κ2) is 5.52. The first kappa shape index (κ1) is 12.4. The zero-order valence-electron chi connectivity index (χ0n) is 10.8. The minimum Gasteiger partial charge on any atom is -0.389 e. The Morgan fingerprint density at radius 2 is 1.71 bits per heavy atom. The summed E-state index contributed by atoms with van der Waals surface area (Å²) in [6.45, 7) is 9.66. The summed E-state index contributed by atoms with van der Waals surface area (Å²) in [6.07, 6.45) is -0.374. The third-order valence-electron chi connectivity index (χ3n) is 3.56. The van der Waals surface area contributed by atoms with Crippen LogP contribution >= 0.6 is 0 Å². The van der Waals surface area contributed by atoms with E-state index < -0.39 is 0 Å². The number of nitrogens with zero attached hydrogens (tertiary/aromatic N) is 2. The maximum Gasteiger partial charge on any atom is 0.0761 e. The lowest BCUT2D eigenvalue weighted by atomic mass is 10.1. The molecule has 0 aliphatic carbocycles. The molecule has 1 N–H and O–H groups in total. The lowest BCUT2D eigenvalue weighted by Gasteiger charge is -2.35. The van der Waals surface area contributed by atoms with Crippen LogP contribution in [0, 0.1) is 0 Å². The van der Waals surface area contributed by atoms with Crippen LogP contribution in [0.2, 0.25) is 0 Å². The van der Waals surface area contributed by atoms with Gasteiger partial charge in [0.15, 0.2) is 0 Å². The monoisotopic (exact) mass is 234 g/mol. The highest BCUT2D eigenvalue weighted by Crippen LogP contribution is 2.20. The molecule has 1 fully saturated rings. The predicted molar refractivity (Wildman–Crippen MR) is 71.4 cm³/mol. The number of hydrogen-bond acceptors (Lipinski definition) is 3. The molecular weight excluding hydrogens is 212 g/mol. The summed E-state index contributed by atoms with van der Waals surface area (Å²) >= 11 is 0. The molecule has 1 aromatic rings. The van der Waals surface area contributed by atoms with E-state index in [0.717, 1.165) is 38.3 Å². The first-order chi connectivity index (χ1) is 8.20. The highest BCUT2D eigenvalue weighted by molar-refractivity contribution is 5.48. The SMILES string of the molecule is CCN1CCN(c2ccc([C@@H](C)O)cc2)CC1. The van der Waals surface area contributed by atoms with Crippen LogP contribution in [-0.4, -0.2) is 42.7 Å². The number of aliphatic hydroxyl groups is 1. The number of benzene rings is 1. The zero-order valence-corrected chi connectivity index (χ0v) is 10.8. The van der Waals surface area contributed by atoms with Crippen LogP contribution < -0.4 is 4.90 Å². The Morgan fingerprint density at radius 3 is 2.18 bits per heavy atom. The van der Waals surface area contributed by atoms with Crippen LogP contribution in [0.1, 0.15) is 25.5 Å². The molecule has 0 radical (unpaired) electrons. The van der Waals surface area contributed by atoms with Crippen molar-refractivity contribution >= 4 is 5.69 Å². The molecule has 17 heavy (non-hydrogen) atoms. The van der Waals surface area contributed by atoms with Crippen molar-refractivity contribution in [2.24, 2.45) is 0 Å². The Kier molecular flexibility index (Phi) is 4.02. The van der Waals surface area contributed by atoms with E-state index in [2.05, 4.69) is 28.9 Å². The molecule has 0 saturated carbocycles. The molecule has 1 heterocycles. The molecule has 1 aliphatic rings. The van der Waals surface area contributed by atoms with Gasteiger partial charge in [-0.3, -0.25) is 0 Å². The molecule has 1 atom stereocenters. The van der Waals surface area contributed by atoms with E-state index in [4.69, 9.17) is 0 Å². The van der Waals surface area contributed by atoms with E-state index in [1.165, 1.54) is 5.69 Å². The first-order valence-corrected chi connectivity index (χ1v) is 6.46. The molecule has 0 unspecified atom stereocenters. The largest absolute Gasteiger partial charge is 0.389 e. The Labute approximate surface area is 104 Å². The van der Waals surface area contributed by atoms with Gasteiger partial charge >= 0.3 is 0 Å². The van der Waals surface area contributed by atoms with Gasteiger partial charge in [-0.25, -0.2) is 0 Å². The zero-order chi connectivity index (χ0) is 12.3. The Hall–Kier alpha value is -1.06. The Bertz CT molecular complexity index is 340. The van der Waals surface area contributed by atoms with Crippen LogP contribution in [-0.2, 0) is 0 Å². The minimum atomic E-state index is -0.374. The summed E-state index contributed by atoms with van der Waals surface area (Å²) in [5.74, 6) is 0. The third-order valence-corrected chi connectivity index (χ3v) is 3.56. The third kappa shape index (κ3) is 2.99. The summed E-state index contributed by atoms with van der Waals surface area (Å²) in [4.78, 5) is 4.89. The molecule has 94 valence electrons. The normalized spacial score (nSPS) is 19.4. The molecule has 0 bridgehead atoms. The Morgan fingerprint density at radius 1 is 1.12 bits per heavy atom. The predicted octanol–water partition coefficient (Wildman–Crippen LogP) is 1.88. The van der Waals surface area contributed by atoms with Crippen LogP contribution in [0.5, 0.6) is 0 Å². The van der Waals surface area contributed by atoms with E-state index in [1.807, 2.05) is 12.1 Å². The summed E-state index contributed by atoms with van der Waals surface area (Å²) in [5, 5.41) is 9.47. The fourth-order valence-corrected chi connectivity index (χ4v) is 2.29. The van der Waals surface area contributed by atoms with Crippen molar-refractivity contribution in [1.29, 1.82) is 0 Å². The average Bonchev–Trinajstić information content (AvgIpc) is 2.39. The van der Waals surface area contributed by atoms with Crippen LogP contribution in [0.4, 0.5) is 5.69 Å². The lowest BCUT2D eigenvalue weighted by Crippen LogP contribution is -2.46. The van der Waals surface area contributed by atoms with Gasteiger partial charge in [0.05, 0.1) is 6.10 Å². The van der Waals surface area contributed by atoms with Crippen molar-refractivity contribution in [1.82, 2.24) is 4.90 Å². The van der Waals surface area contributed by atoms with Gasteiger partial charge in [-0.05, 0) is 31.2 Å². The molecule has 0 amide bonds. The summed E-state index contributed by atoms with van der Waals surface area (Å²) in [7, 11) is 0. The molecule has 1 aromatic carbocycles. The number of anilines is 1. The van der Waals surface area contributed by atoms with E-state index in [1.54, 1.807) is 6.92 Å². The smallest absolute Gasteiger partial charge is 0.0761 e. The van der Waals surface area contributed by atoms with Gasteiger partial charge < -0.3 is 14.9 Å². The van der Waals surface area contributed by atoms with Crippen LogP contribution in [0.3, 0.4) is 0 Å². The minimum absolute atomic E-state index is 0.374. The summed E-state index contributed by atoms with van der Waals surface area (Å²) in [6, 6.07) is 8.27. The second-order valence-corrected chi connectivity index (χ2v) is 4.69.